The van der Waals surface area contributed by atoms with Crippen molar-refractivity contribution in [3.8, 4) is 17.1 Å². The Morgan fingerprint density at radius 3 is 2.94 bits per heavy atom. The quantitative estimate of drug-likeness (QED) is 0.361. The third-order valence-electron chi connectivity index (χ3n) is 2.33. The van der Waals surface area contributed by atoms with Gasteiger partial charge >= 0.3 is 0 Å². The van der Waals surface area contributed by atoms with Gasteiger partial charge in [-0.2, -0.15) is 0 Å². The first kappa shape index (κ1) is 11.3. The highest BCUT2D eigenvalue weighted by Gasteiger charge is 2.16. The SMILES string of the molecule is CCOc1cc(-c2ccc[nH]2)[nH]c1C(=O)NN. The van der Waals surface area contributed by atoms with Crippen LogP contribution >= 0.6 is 0 Å². The summed E-state index contributed by atoms with van der Waals surface area (Å²) in [5.41, 5.74) is 4.05. The number of carbonyl (C=O) groups excluding carboxylic acids is 1. The molecule has 2 aromatic rings. The van der Waals surface area contributed by atoms with Gasteiger partial charge in [0.15, 0.2) is 5.75 Å². The maximum absolute atomic E-state index is 11.5. The molecule has 5 N–H and O–H groups in total. The Kier molecular flexibility index (Phi) is 3.15. The van der Waals surface area contributed by atoms with Gasteiger partial charge in [-0.15, -0.1) is 0 Å². The minimum Gasteiger partial charge on any atom is -0.491 e. The number of rotatable bonds is 4. The number of aromatic amines is 2. The van der Waals surface area contributed by atoms with Gasteiger partial charge in [0.1, 0.15) is 5.69 Å². The molecular formula is C11H14N4O2. The van der Waals surface area contributed by atoms with E-state index in [-0.39, 0.29) is 0 Å². The van der Waals surface area contributed by atoms with E-state index in [2.05, 4.69) is 15.4 Å². The number of H-pyrrole nitrogens is 2. The fourth-order valence-electron chi connectivity index (χ4n) is 1.59. The number of hydrogen-bond donors (Lipinski definition) is 4. The maximum Gasteiger partial charge on any atom is 0.285 e. The summed E-state index contributed by atoms with van der Waals surface area (Å²) < 4.78 is 5.38. The summed E-state index contributed by atoms with van der Waals surface area (Å²) >= 11 is 0. The summed E-state index contributed by atoms with van der Waals surface area (Å²) in [6.45, 7) is 2.33. The molecule has 2 rings (SSSR count). The lowest BCUT2D eigenvalue weighted by molar-refractivity contribution is 0.0945. The van der Waals surface area contributed by atoms with Gasteiger partial charge in [-0.05, 0) is 19.1 Å². The Morgan fingerprint density at radius 2 is 2.35 bits per heavy atom. The molecule has 0 saturated heterocycles. The molecular weight excluding hydrogens is 220 g/mol. The molecule has 2 aromatic heterocycles. The zero-order valence-electron chi connectivity index (χ0n) is 9.41. The van der Waals surface area contributed by atoms with Gasteiger partial charge in [0.2, 0.25) is 0 Å². The van der Waals surface area contributed by atoms with Crippen LogP contribution in [0.1, 0.15) is 17.4 Å². The second-order valence-electron chi connectivity index (χ2n) is 3.41. The highest BCUT2D eigenvalue weighted by molar-refractivity contribution is 5.95. The average molecular weight is 234 g/mol. The normalized spacial score (nSPS) is 10.2. The van der Waals surface area contributed by atoms with Crippen molar-refractivity contribution in [2.24, 2.45) is 5.84 Å². The second kappa shape index (κ2) is 4.75. The van der Waals surface area contributed by atoms with Crippen molar-refractivity contribution in [3.63, 3.8) is 0 Å². The van der Waals surface area contributed by atoms with Crippen molar-refractivity contribution in [3.05, 3.63) is 30.1 Å². The third kappa shape index (κ3) is 2.16. The molecule has 17 heavy (non-hydrogen) atoms. The summed E-state index contributed by atoms with van der Waals surface area (Å²) in [6.07, 6.45) is 1.80. The second-order valence-corrected chi connectivity index (χ2v) is 3.41. The number of aromatic nitrogens is 2. The lowest BCUT2D eigenvalue weighted by atomic mass is 10.3. The van der Waals surface area contributed by atoms with Crippen molar-refractivity contribution in [2.45, 2.75) is 6.92 Å². The standard InChI is InChI=1S/C11H14N4O2/c1-2-17-9-6-8(7-4-3-5-13-7)14-10(9)11(16)15-12/h3-6,13-14H,2,12H2,1H3,(H,15,16). The predicted octanol–water partition coefficient (Wildman–Crippen LogP) is 1.01. The molecule has 0 saturated carbocycles. The number of hydrogen-bond acceptors (Lipinski definition) is 3. The fourth-order valence-corrected chi connectivity index (χ4v) is 1.59. The van der Waals surface area contributed by atoms with Crippen LogP contribution in [0.4, 0.5) is 0 Å². The molecule has 90 valence electrons. The van der Waals surface area contributed by atoms with Crippen LogP contribution in [0.2, 0.25) is 0 Å². The molecule has 0 atom stereocenters. The molecule has 0 aliphatic carbocycles. The van der Waals surface area contributed by atoms with E-state index in [0.717, 1.165) is 11.4 Å². The van der Waals surface area contributed by atoms with Crippen molar-refractivity contribution < 1.29 is 9.53 Å². The van der Waals surface area contributed by atoms with Crippen LogP contribution in [0.3, 0.4) is 0 Å². The molecule has 6 heteroatoms. The van der Waals surface area contributed by atoms with Crippen molar-refractivity contribution in [1.29, 1.82) is 0 Å². The zero-order chi connectivity index (χ0) is 12.3. The molecule has 0 fully saturated rings. The molecule has 0 aliphatic heterocycles. The van der Waals surface area contributed by atoms with E-state index in [1.54, 1.807) is 12.3 Å². The first-order valence-corrected chi connectivity index (χ1v) is 5.26. The molecule has 0 aromatic carbocycles. The van der Waals surface area contributed by atoms with Gasteiger partial charge in [-0.1, -0.05) is 0 Å². The van der Waals surface area contributed by atoms with E-state index in [9.17, 15) is 4.79 Å². The lowest BCUT2D eigenvalue weighted by Gasteiger charge is -2.02. The minimum absolute atomic E-state index is 0.318. The molecule has 0 spiro atoms. The Hall–Kier alpha value is -2.21. The number of ether oxygens (including phenoxy) is 1. The molecule has 6 nitrogen and oxygen atoms in total. The van der Waals surface area contributed by atoms with Crippen molar-refractivity contribution in [2.75, 3.05) is 6.61 Å². The van der Waals surface area contributed by atoms with Crippen LogP contribution in [0.25, 0.3) is 11.4 Å². The molecule has 0 radical (unpaired) electrons. The summed E-state index contributed by atoms with van der Waals surface area (Å²) in [4.78, 5) is 17.5. The van der Waals surface area contributed by atoms with Gasteiger partial charge in [-0.25, -0.2) is 5.84 Å². The third-order valence-corrected chi connectivity index (χ3v) is 2.33. The highest BCUT2D eigenvalue weighted by Crippen LogP contribution is 2.26. The monoisotopic (exact) mass is 234 g/mol. The smallest absolute Gasteiger partial charge is 0.285 e. The highest BCUT2D eigenvalue weighted by atomic mass is 16.5. The Bertz CT molecular complexity index is 502. The van der Waals surface area contributed by atoms with Crippen molar-refractivity contribution in [1.82, 2.24) is 15.4 Å². The van der Waals surface area contributed by atoms with Crippen LogP contribution < -0.4 is 16.0 Å². The van der Waals surface area contributed by atoms with Gasteiger partial charge < -0.3 is 14.7 Å². The van der Waals surface area contributed by atoms with Crippen LogP contribution in [-0.2, 0) is 0 Å². The Labute approximate surface area is 98.1 Å². The molecule has 0 unspecified atom stereocenters. The van der Waals surface area contributed by atoms with E-state index in [0.29, 0.717) is 18.1 Å². The lowest BCUT2D eigenvalue weighted by Crippen LogP contribution is -2.30. The summed E-state index contributed by atoms with van der Waals surface area (Å²) in [7, 11) is 0. The van der Waals surface area contributed by atoms with E-state index in [4.69, 9.17) is 10.6 Å². The van der Waals surface area contributed by atoms with Crippen molar-refractivity contribution >= 4 is 5.91 Å². The van der Waals surface area contributed by atoms with E-state index >= 15 is 0 Å². The van der Waals surface area contributed by atoms with E-state index in [1.165, 1.54) is 0 Å². The van der Waals surface area contributed by atoms with Crippen LogP contribution in [0, 0.1) is 0 Å². The van der Waals surface area contributed by atoms with E-state index < -0.39 is 5.91 Å². The van der Waals surface area contributed by atoms with E-state index in [1.807, 2.05) is 19.1 Å². The number of hydrazine groups is 1. The molecule has 1 amide bonds. The molecule has 0 bridgehead atoms. The number of nitrogens with two attached hydrogens (primary N) is 1. The van der Waals surface area contributed by atoms with Gasteiger partial charge in [-0.3, -0.25) is 10.2 Å². The van der Waals surface area contributed by atoms with Gasteiger partial charge in [0, 0.05) is 12.3 Å². The summed E-state index contributed by atoms with van der Waals surface area (Å²) in [5, 5.41) is 0. The predicted molar refractivity (Wildman–Crippen MR) is 63.4 cm³/mol. The average Bonchev–Trinajstić information content (AvgIpc) is 2.96. The number of nitrogens with one attached hydrogen (secondary N) is 3. The zero-order valence-corrected chi connectivity index (χ0v) is 9.41. The van der Waals surface area contributed by atoms with Crippen LogP contribution in [0.5, 0.6) is 5.75 Å². The first-order chi connectivity index (χ1) is 8.26. The minimum atomic E-state index is -0.411. The summed E-state index contributed by atoms with van der Waals surface area (Å²) in [6, 6.07) is 5.53. The van der Waals surface area contributed by atoms with Crippen LogP contribution in [0.15, 0.2) is 24.4 Å². The maximum atomic E-state index is 11.5. The number of nitrogen functional groups attached to an aromatic ring is 1. The fraction of sp³-hybridized carbons (Fsp3) is 0.182. The Balaban J connectivity index is 2.40. The van der Waals surface area contributed by atoms with Gasteiger partial charge in [0.05, 0.1) is 18.0 Å². The molecule has 2 heterocycles. The first-order valence-electron chi connectivity index (χ1n) is 5.26. The Morgan fingerprint density at radius 1 is 1.53 bits per heavy atom. The number of carbonyl (C=O) groups is 1. The summed E-state index contributed by atoms with van der Waals surface area (Å²) in [5.74, 6) is 5.19. The van der Waals surface area contributed by atoms with Crippen LogP contribution in [-0.4, -0.2) is 22.5 Å². The molecule has 0 aliphatic rings. The number of amides is 1. The largest absolute Gasteiger partial charge is 0.491 e. The topological polar surface area (TPSA) is 95.9 Å². The van der Waals surface area contributed by atoms with Gasteiger partial charge in [0.25, 0.3) is 5.91 Å².